The molecule has 0 saturated carbocycles. The standard InChI is InChI=1S/C18H23O9P/c1-23-13-8-7-12(17(16(13)19)27-28(20,21)22)6-5-11-9-14(24-2)18(26-4)15(10-11)25-3/h5-10,19-22,28H,1-4H3/b6-5-. The molecule has 0 atom stereocenters. The maximum absolute atomic E-state index is 10.2. The van der Waals surface area contributed by atoms with Gasteiger partial charge in [0.25, 0.3) is 0 Å². The third kappa shape index (κ3) is 4.96. The van der Waals surface area contributed by atoms with E-state index < -0.39 is 13.9 Å². The minimum atomic E-state index is -4.95. The molecule has 10 heteroatoms. The quantitative estimate of drug-likeness (QED) is 0.380. The fourth-order valence-electron chi connectivity index (χ4n) is 2.49. The Bertz CT molecular complexity index is 834. The van der Waals surface area contributed by atoms with Gasteiger partial charge in [0.1, 0.15) is 0 Å². The first kappa shape index (κ1) is 21.6. The molecule has 0 heterocycles. The molecule has 28 heavy (non-hydrogen) atoms. The van der Waals surface area contributed by atoms with Crippen LogP contribution in [0.4, 0.5) is 0 Å². The second-order valence-corrected chi connectivity index (χ2v) is 6.85. The number of hydrogen-bond acceptors (Lipinski definition) is 9. The van der Waals surface area contributed by atoms with E-state index in [0.29, 0.717) is 22.8 Å². The van der Waals surface area contributed by atoms with Crippen molar-refractivity contribution < 1.29 is 43.3 Å². The third-order valence-electron chi connectivity index (χ3n) is 3.73. The summed E-state index contributed by atoms with van der Waals surface area (Å²) in [5, 5.41) is 10.2. The molecule has 0 aromatic heterocycles. The average Bonchev–Trinajstić information content (AvgIpc) is 2.66. The van der Waals surface area contributed by atoms with E-state index in [9.17, 15) is 19.8 Å². The van der Waals surface area contributed by atoms with Crippen LogP contribution in [0, 0.1) is 0 Å². The molecule has 2 aromatic rings. The molecule has 0 saturated heterocycles. The molecule has 0 unspecified atom stereocenters. The van der Waals surface area contributed by atoms with Crippen LogP contribution in [-0.4, -0.2) is 48.2 Å². The van der Waals surface area contributed by atoms with Crippen LogP contribution in [0.3, 0.4) is 0 Å². The fourth-order valence-corrected chi connectivity index (χ4v) is 2.98. The second-order valence-electron chi connectivity index (χ2n) is 5.50. The van der Waals surface area contributed by atoms with Crippen molar-refractivity contribution in [2.24, 2.45) is 0 Å². The van der Waals surface area contributed by atoms with E-state index in [0.717, 1.165) is 0 Å². The van der Waals surface area contributed by atoms with E-state index in [1.165, 1.54) is 46.6 Å². The molecule has 2 rings (SSSR count). The van der Waals surface area contributed by atoms with Gasteiger partial charge < -0.3 is 0 Å². The summed E-state index contributed by atoms with van der Waals surface area (Å²) in [7, 11) is 0.852. The Balaban J connectivity index is 2.50. The maximum atomic E-state index is 10.2. The van der Waals surface area contributed by atoms with Crippen molar-refractivity contribution >= 4 is 20.3 Å². The first-order chi connectivity index (χ1) is 13.2. The summed E-state index contributed by atoms with van der Waals surface area (Å²) in [4.78, 5) is 27.8. The fraction of sp³-hybridized carbons (Fsp3) is 0.222. The Morgan fingerprint density at radius 2 is 1.32 bits per heavy atom. The molecule has 0 aliphatic rings. The molecule has 0 radical (unpaired) electrons. The van der Waals surface area contributed by atoms with E-state index in [2.05, 4.69) is 0 Å². The zero-order valence-corrected chi connectivity index (χ0v) is 16.8. The Morgan fingerprint density at radius 3 is 1.79 bits per heavy atom. The Morgan fingerprint density at radius 1 is 0.750 bits per heavy atom. The van der Waals surface area contributed by atoms with E-state index in [1.54, 1.807) is 18.2 Å². The Labute approximate surface area is 162 Å². The summed E-state index contributed by atoms with van der Waals surface area (Å²) in [6.45, 7) is 0. The van der Waals surface area contributed by atoms with Crippen LogP contribution in [0.1, 0.15) is 11.1 Å². The molecule has 0 fully saturated rings. The van der Waals surface area contributed by atoms with Crippen LogP contribution in [0.5, 0.6) is 34.5 Å². The van der Waals surface area contributed by atoms with Crippen molar-refractivity contribution in [1.29, 1.82) is 0 Å². The summed E-state index contributed by atoms with van der Waals surface area (Å²) in [5.74, 6) is 0.556. The van der Waals surface area contributed by atoms with Gasteiger partial charge in [0.15, 0.2) is 0 Å². The van der Waals surface area contributed by atoms with Gasteiger partial charge in [-0.3, -0.25) is 0 Å². The molecule has 0 aliphatic heterocycles. The molecule has 0 bridgehead atoms. The molecule has 4 N–H and O–H groups in total. The van der Waals surface area contributed by atoms with E-state index in [1.807, 2.05) is 0 Å². The van der Waals surface area contributed by atoms with Crippen molar-refractivity contribution in [2.75, 3.05) is 28.4 Å². The molecule has 9 nitrogen and oxygen atoms in total. The van der Waals surface area contributed by atoms with Crippen LogP contribution in [-0.2, 0) is 0 Å². The molecule has 2 aromatic carbocycles. The SMILES string of the molecule is COc1ccc(/C=C\c2cc(OC)c(OC)c(OC)c2)c(O[PH](O)(O)O)c1O. The van der Waals surface area contributed by atoms with Gasteiger partial charge in [-0.15, -0.1) is 0 Å². The summed E-state index contributed by atoms with van der Waals surface area (Å²) < 4.78 is 25.6. The molecular weight excluding hydrogens is 391 g/mol. The minimum absolute atomic E-state index is 0.0400. The number of hydrogen-bond donors (Lipinski definition) is 4. The summed E-state index contributed by atoms with van der Waals surface area (Å²) >= 11 is 0. The summed E-state index contributed by atoms with van der Waals surface area (Å²) in [6, 6.07) is 6.38. The predicted molar refractivity (Wildman–Crippen MR) is 105 cm³/mol. The van der Waals surface area contributed by atoms with E-state index >= 15 is 0 Å². The summed E-state index contributed by atoms with van der Waals surface area (Å²) in [5.41, 5.74) is 0.928. The van der Waals surface area contributed by atoms with Crippen LogP contribution < -0.4 is 23.5 Å². The molecule has 0 spiro atoms. The molecule has 154 valence electrons. The predicted octanol–water partition coefficient (Wildman–Crippen LogP) is 2.36. The van der Waals surface area contributed by atoms with Crippen LogP contribution in [0.2, 0.25) is 0 Å². The average molecular weight is 414 g/mol. The van der Waals surface area contributed by atoms with Crippen LogP contribution in [0.15, 0.2) is 24.3 Å². The van der Waals surface area contributed by atoms with Crippen molar-refractivity contribution in [2.45, 2.75) is 0 Å². The number of rotatable bonds is 8. The zero-order chi connectivity index (χ0) is 20.9. The van der Waals surface area contributed by atoms with E-state index in [4.69, 9.17) is 23.5 Å². The topological polar surface area (TPSA) is 127 Å². The number of phenolic OH excluding ortho intramolecular Hbond substituents is 1. The first-order valence-corrected chi connectivity index (χ1v) is 9.73. The van der Waals surface area contributed by atoms with Gasteiger partial charge >= 0.3 is 162 Å². The Kier molecular flexibility index (Phi) is 6.93. The third-order valence-corrected chi connectivity index (χ3v) is 4.20. The number of phenols is 1. The van der Waals surface area contributed by atoms with Crippen molar-refractivity contribution in [1.82, 2.24) is 0 Å². The van der Waals surface area contributed by atoms with Gasteiger partial charge in [-0.2, -0.15) is 0 Å². The number of aromatic hydroxyl groups is 1. The van der Waals surface area contributed by atoms with Gasteiger partial charge in [-0.05, 0) is 0 Å². The normalized spacial score (nSPS) is 12.0. The second kappa shape index (κ2) is 8.99. The Hall–Kier alpha value is -2.71. The monoisotopic (exact) mass is 414 g/mol. The van der Waals surface area contributed by atoms with Crippen molar-refractivity contribution in [3.05, 3.63) is 35.4 Å². The van der Waals surface area contributed by atoms with Crippen molar-refractivity contribution in [3.8, 4) is 34.5 Å². The van der Waals surface area contributed by atoms with Crippen LogP contribution in [0.25, 0.3) is 12.2 Å². The number of methoxy groups -OCH3 is 4. The zero-order valence-electron chi connectivity index (χ0n) is 15.8. The molecule has 0 aliphatic carbocycles. The molecular formula is C18H23O9P. The molecule has 0 amide bonds. The van der Waals surface area contributed by atoms with Gasteiger partial charge in [-0.1, -0.05) is 0 Å². The number of benzene rings is 2. The van der Waals surface area contributed by atoms with Crippen molar-refractivity contribution in [3.63, 3.8) is 0 Å². The van der Waals surface area contributed by atoms with E-state index in [-0.39, 0.29) is 17.1 Å². The van der Waals surface area contributed by atoms with Gasteiger partial charge in [0.2, 0.25) is 0 Å². The first-order valence-electron chi connectivity index (χ1n) is 7.98. The number of ether oxygens (including phenoxy) is 4. The van der Waals surface area contributed by atoms with Gasteiger partial charge in [0, 0.05) is 0 Å². The van der Waals surface area contributed by atoms with Crippen LogP contribution >= 0.6 is 8.17 Å². The summed E-state index contributed by atoms with van der Waals surface area (Å²) in [6.07, 6.45) is 3.18. The van der Waals surface area contributed by atoms with Gasteiger partial charge in [0.05, 0.1) is 0 Å². The van der Waals surface area contributed by atoms with Gasteiger partial charge in [-0.25, -0.2) is 0 Å².